The van der Waals surface area contributed by atoms with Crippen LogP contribution in [0.15, 0.2) is 30.3 Å². The SMILES string of the molecule is CCOc1cc(Cl)c(/C=C(/C#N)c2nc3ccc(OC)cc3[nH]2)cc1OC. The summed E-state index contributed by atoms with van der Waals surface area (Å²) >= 11 is 6.36. The summed E-state index contributed by atoms with van der Waals surface area (Å²) in [5.41, 5.74) is 2.49. The van der Waals surface area contributed by atoms with E-state index < -0.39 is 0 Å². The first-order valence-electron chi connectivity index (χ1n) is 8.25. The Morgan fingerprint density at radius 3 is 2.70 bits per heavy atom. The van der Waals surface area contributed by atoms with Gasteiger partial charge in [-0.1, -0.05) is 11.6 Å². The Morgan fingerprint density at radius 1 is 1.22 bits per heavy atom. The number of halogens is 1. The summed E-state index contributed by atoms with van der Waals surface area (Å²) in [6.45, 7) is 2.37. The predicted octanol–water partition coefficient (Wildman–Crippen LogP) is 4.70. The second kappa shape index (κ2) is 8.02. The van der Waals surface area contributed by atoms with Gasteiger partial charge in [0.1, 0.15) is 17.6 Å². The Hall–Kier alpha value is -3.17. The molecule has 0 aliphatic heterocycles. The molecule has 0 bridgehead atoms. The zero-order chi connectivity index (χ0) is 19.4. The summed E-state index contributed by atoms with van der Waals surface area (Å²) in [5, 5.41) is 10.1. The lowest BCUT2D eigenvalue weighted by Crippen LogP contribution is -1.96. The van der Waals surface area contributed by atoms with E-state index in [0.717, 1.165) is 11.0 Å². The molecule has 27 heavy (non-hydrogen) atoms. The van der Waals surface area contributed by atoms with Crippen molar-refractivity contribution in [2.45, 2.75) is 6.92 Å². The lowest BCUT2D eigenvalue weighted by atomic mass is 10.1. The van der Waals surface area contributed by atoms with Crippen LogP contribution in [0.3, 0.4) is 0 Å². The number of methoxy groups -OCH3 is 2. The van der Waals surface area contributed by atoms with Crippen LogP contribution in [0.5, 0.6) is 17.2 Å². The third-order valence-electron chi connectivity index (χ3n) is 3.95. The lowest BCUT2D eigenvalue weighted by molar-refractivity contribution is 0.311. The number of nitrogens with one attached hydrogen (secondary N) is 1. The molecule has 138 valence electrons. The van der Waals surface area contributed by atoms with Gasteiger partial charge in [0, 0.05) is 12.1 Å². The molecule has 3 rings (SSSR count). The van der Waals surface area contributed by atoms with E-state index in [9.17, 15) is 5.26 Å². The first-order chi connectivity index (χ1) is 13.1. The number of hydrogen-bond donors (Lipinski definition) is 1. The summed E-state index contributed by atoms with van der Waals surface area (Å²) in [4.78, 5) is 7.61. The monoisotopic (exact) mass is 383 g/mol. The van der Waals surface area contributed by atoms with Crippen molar-refractivity contribution in [3.05, 3.63) is 46.7 Å². The Labute approximate surface area is 162 Å². The number of allylic oxidation sites excluding steroid dienone is 1. The standard InChI is InChI=1S/C20H18ClN3O3/c1-4-27-19-10-15(21)12(8-18(19)26-3)7-13(11-22)20-23-16-6-5-14(25-2)9-17(16)24-20/h5-10H,4H2,1-3H3,(H,23,24)/b13-7-. The predicted molar refractivity (Wildman–Crippen MR) is 105 cm³/mol. The third-order valence-corrected chi connectivity index (χ3v) is 4.27. The second-order valence-electron chi connectivity index (χ2n) is 5.60. The van der Waals surface area contributed by atoms with Crippen molar-refractivity contribution < 1.29 is 14.2 Å². The van der Waals surface area contributed by atoms with Crippen LogP contribution in [0, 0.1) is 11.3 Å². The van der Waals surface area contributed by atoms with Crippen molar-refractivity contribution in [2.75, 3.05) is 20.8 Å². The van der Waals surface area contributed by atoms with E-state index in [0.29, 0.717) is 45.8 Å². The molecule has 0 radical (unpaired) electrons. The van der Waals surface area contributed by atoms with Crippen LogP contribution in [-0.2, 0) is 0 Å². The van der Waals surface area contributed by atoms with Gasteiger partial charge in [0.15, 0.2) is 11.5 Å². The second-order valence-corrected chi connectivity index (χ2v) is 6.00. The molecule has 0 unspecified atom stereocenters. The fraction of sp³-hybridized carbons (Fsp3) is 0.200. The van der Waals surface area contributed by atoms with Crippen LogP contribution >= 0.6 is 11.6 Å². The summed E-state index contributed by atoms with van der Waals surface area (Å²) in [6, 6.07) is 11.0. The molecule has 0 saturated heterocycles. The maximum Gasteiger partial charge on any atom is 0.162 e. The van der Waals surface area contributed by atoms with Crippen molar-refractivity contribution in [2.24, 2.45) is 0 Å². The molecule has 2 aromatic carbocycles. The van der Waals surface area contributed by atoms with Crippen molar-refractivity contribution in [1.29, 1.82) is 5.26 Å². The Morgan fingerprint density at radius 2 is 2.04 bits per heavy atom. The summed E-state index contributed by atoms with van der Waals surface area (Å²) in [5.74, 6) is 2.25. The minimum Gasteiger partial charge on any atom is -0.497 e. The fourth-order valence-electron chi connectivity index (χ4n) is 2.64. The number of hydrogen-bond acceptors (Lipinski definition) is 5. The number of imidazole rings is 1. The van der Waals surface area contributed by atoms with Crippen LogP contribution in [0.2, 0.25) is 5.02 Å². The highest BCUT2D eigenvalue weighted by molar-refractivity contribution is 6.32. The molecule has 0 spiro atoms. The van der Waals surface area contributed by atoms with E-state index in [4.69, 9.17) is 25.8 Å². The average Bonchev–Trinajstić information content (AvgIpc) is 3.10. The maximum atomic E-state index is 9.62. The highest BCUT2D eigenvalue weighted by Gasteiger charge is 2.13. The topological polar surface area (TPSA) is 80.2 Å². The number of H-pyrrole nitrogens is 1. The van der Waals surface area contributed by atoms with Crippen LogP contribution in [-0.4, -0.2) is 30.8 Å². The van der Waals surface area contributed by atoms with Crippen LogP contribution < -0.4 is 14.2 Å². The number of nitriles is 1. The number of fused-ring (bicyclic) bond motifs is 1. The summed E-state index contributed by atoms with van der Waals surface area (Å²) in [7, 11) is 3.15. The molecular weight excluding hydrogens is 366 g/mol. The van der Waals surface area contributed by atoms with Crippen LogP contribution in [0.25, 0.3) is 22.7 Å². The molecule has 1 N–H and O–H groups in total. The molecule has 6 nitrogen and oxygen atoms in total. The largest absolute Gasteiger partial charge is 0.497 e. The molecule has 0 fully saturated rings. The number of nitrogens with zero attached hydrogens (tertiary/aromatic N) is 2. The normalized spacial score (nSPS) is 11.3. The van der Waals surface area contributed by atoms with Crippen LogP contribution in [0.4, 0.5) is 0 Å². The summed E-state index contributed by atoms with van der Waals surface area (Å²) in [6.07, 6.45) is 1.66. The number of rotatable bonds is 6. The van der Waals surface area contributed by atoms with Gasteiger partial charge in [0.2, 0.25) is 0 Å². The van der Waals surface area contributed by atoms with E-state index in [-0.39, 0.29) is 0 Å². The highest BCUT2D eigenvalue weighted by Crippen LogP contribution is 2.35. The van der Waals surface area contributed by atoms with Gasteiger partial charge in [-0.25, -0.2) is 4.98 Å². The van der Waals surface area contributed by atoms with Gasteiger partial charge in [-0.3, -0.25) is 0 Å². The number of aromatic amines is 1. The minimum absolute atomic E-state index is 0.346. The Kier molecular flexibility index (Phi) is 5.53. The van der Waals surface area contributed by atoms with Gasteiger partial charge in [-0.05, 0) is 36.8 Å². The average molecular weight is 384 g/mol. The van der Waals surface area contributed by atoms with E-state index >= 15 is 0 Å². The summed E-state index contributed by atoms with van der Waals surface area (Å²) < 4.78 is 16.1. The first kappa shape index (κ1) is 18.6. The molecule has 0 aliphatic rings. The lowest BCUT2D eigenvalue weighted by Gasteiger charge is -2.11. The van der Waals surface area contributed by atoms with E-state index in [1.807, 2.05) is 25.1 Å². The smallest absolute Gasteiger partial charge is 0.162 e. The zero-order valence-electron chi connectivity index (χ0n) is 15.2. The van der Waals surface area contributed by atoms with Gasteiger partial charge in [-0.2, -0.15) is 5.26 Å². The Bertz CT molecular complexity index is 1050. The number of benzene rings is 2. The number of aromatic nitrogens is 2. The Balaban J connectivity index is 2.05. The molecule has 1 aromatic heterocycles. The number of ether oxygens (including phenoxy) is 3. The third kappa shape index (κ3) is 3.83. The molecule has 0 atom stereocenters. The van der Waals surface area contributed by atoms with Crippen molar-refractivity contribution in [1.82, 2.24) is 9.97 Å². The van der Waals surface area contributed by atoms with Gasteiger partial charge < -0.3 is 19.2 Å². The van der Waals surface area contributed by atoms with E-state index in [2.05, 4.69) is 16.0 Å². The van der Waals surface area contributed by atoms with Gasteiger partial charge in [-0.15, -0.1) is 0 Å². The highest BCUT2D eigenvalue weighted by atomic mass is 35.5. The molecular formula is C20H18ClN3O3. The molecule has 1 heterocycles. The van der Waals surface area contributed by atoms with Crippen molar-refractivity contribution in [3.63, 3.8) is 0 Å². The molecule has 0 aliphatic carbocycles. The molecule has 0 saturated carbocycles. The van der Waals surface area contributed by atoms with Gasteiger partial charge >= 0.3 is 0 Å². The fourth-order valence-corrected chi connectivity index (χ4v) is 2.85. The molecule has 7 heteroatoms. The van der Waals surface area contributed by atoms with Crippen LogP contribution in [0.1, 0.15) is 18.3 Å². The first-order valence-corrected chi connectivity index (χ1v) is 8.63. The zero-order valence-corrected chi connectivity index (χ0v) is 15.9. The minimum atomic E-state index is 0.346. The van der Waals surface area contributed by atoms with Crippen molar-refractivity contribution >= 4 is 34.3 Å². The quantitative estimate of drug-likeness (QED) is 0.624. The van der Waals surface area contributed by atoms with Gasteiger partial charge in [0.25, 0.3) is 0 Å². The van der Waals surface area contributed by atoms with E-state index in [1.165, 1.54) is 0 Å². The maximum absolute atomic E-state index is 9.62. The van der Waals surface area contributed by atoms with E-state index in [1.54, 1.807) is 32.4 Å². The van der Waals surface area contributed by atoms with Gasteiger partial charge in [0.05, 0.1) is 42.5 Å². The molecule has 3 aromatic rings. The molecule has 0 amide bonds. The van der Waals surface area contributed by atoms with Crippen molar-refractivity contribution in [3.8, 4) is 23.3 Å².